The lowest BCUT2D eigenvalue weighted by molar-refractivity contribution is 0.0902. The van der Waals surface area contributed by atoms with E-state index in [0.29, 0.717) is 12.2 Å². The lowest BCUT2D eigenvalue weighted by atomic mass is 10.1. The van der Waals surface area contributed by atoms with Crippen LogP contribution in [0.1, 0.15) is 25.3 Å². The normalized spacial score (nSPS) is 20.9. The molecule has 1 aromatic carbocycles. The van der Waals surface area contributed by atoms with E-state index in [-0.39, 0.29) is 17.0 Å². The minimum Gasteiger partial charge on any atom is -0.377 e. The Morgan fingerprint density at radius 1 is 1.42 bits per heavy atom. The highest BCUT2D eigenvalue weighted by molar-refractivity contribution is 7.89. The number of benzene rings is 1. The molecular formula is C13H16N2O3S. The van der Waals surface area contributed by atoms with Gasteiger partial charge in [-0.1, -0.05) is 0 Å². The fourth-order valence-corrected chi connectivity index (χ4v) is 3.37. The first kappa shape index (κ1) is 14.0. The highest BCUT2D eigenvalue weighted by atomic mass is 32.2. The number of sulfonamides is 1. The van der Waals surface area contributed by atoms with Gasteiger partial charge in [0.2, 0.25) is 10.0 Å². The molecule has 1 heterocycles. The van der Waals surface area contributed by atoms with Crippen molar-refractivity contribution in [3.05, 3.63) is 29.8 Å². The maximum atomic E-state index is 12.1. The molecule has 0 aromatic heterocycles. The summed E-state index contributed by atoms with van der Waals surface area (Å²) in [7, 11) is -3.56. The zero-order valence-corrected chi connectivity index (χ0v) is 11.5. The van der Waals surface area contributed by atoms with E-state index in [0.717, 1.165) is 12.8 Å². The van der Waals surface area contributed by atoms with Gasteiger partial charge in [-0.15, -0.1) is 0 Å². The van der Waals surface area contributed by atoms with E-state index in [9.17, 15) is 8.42 Å². The smallest absolute Gasteiger partial charge is 0.240 e. The summed E-state index contributed by atoms with van der Waals surface area (Å²) in [6.45, 7) is 2.49. The van der Waals surface area contributed by atoms with Crippen molar-refractivity contribution in [2.75, 3.05) is 6.61 Å². The number of rotatable bonds is 4. The molecule has 1 saturated heterocycles. The van der Waals surface area contributed by atoms with E-state index in [1.54, 1.807) is 6.92 Å². The minimum atomic E-state index is -3.56. The van der Waals surface area contributed by atoms with E-state index in [1.807, 2.05) is 6.07 Å². The predicted molar refractivity (Wildman–Crippen MR) is 69.9 cm³/mol. The van der Waals surface area contributed by atoms with E-state index in [2.05, 4.69) is 4.72 Å². The Kier molecular flexibility index (Phi) is 4.20. The van der Waals surface area contributed by atoms with Crippen LogP contribution in [0, 0.1) is 11.3 Å². The van der Waals surface area contributed by atoms with Gasteiger partial charge in [-0.05, 0) is 44.0 Å². The third-order valence-corrected chi connectivity index (χ3v) is 4.73. The summed E-state index contributed by atoms with van der Waals surface area (Å²) in [5, 5.41) is 8.69. The van der Waals surface area contributed by atoms with Gasteiger partial charge < -0.3 is 4.74 Å². The average Bonchev–Trinajstić information content (AvgIpc) is 2.92. The Balaban J connectivity index is 2.10. The van der Waals surface area contributed by atoms with E-state index >= 15 is 0 Å². The summed E-state index contributed by atoms with van der Waals surface area (Å²) in [4.78, 5) is 0.163. The van der Waals surface area contributed by atoms with Gasteiger partial charge in [0.25, 0.3) is 0 Å². The van der Waals surface area contributed by atoms with Gasteiger partial charge in [-0.3, -0.25) is 0 Å². The first-order chi connectivity index (χ1) is 9.03. The van der Waals surface area contributed by atoms with Crippen molar-refractivity contribution >= 4 is 10.0 Å². The molecule has 1 aromatic rings. The van der Waals surface area contributed by atoms with E-state index in [1.165, 1.54) is 24.3 Å². The quantitative estimate of drug-likeness (QED) is 0.904. The number of nitrogens with one attached hydrogen (secondary N) is 1. The summed E-state index contributed by atoms with van der Waals surface area (Å²) in [6, 6.07) is 7.54. The Morgan fingerprint density at radius 2 is 2.11 bits per heavy atom. The molecule has 2 atom stereocenters. The zero-order chi connectivity index (χ0) is 13.9. The molecule has 0 aliphatic carbocycles. The molecule has 1 aliphatic rings. The Labute approximate surface area is 113 Å². The van der Waals surface area contributed by atoms with Crippen molar-refractivity contribution in [3.63, 3.8) is 0 Å². The standard InChI is InChI=1S/C13H16N2O3S/c1-10(13-3-2-8-18-13)15-19(16,17)12-6-4-11(9-14)5-7-12/h4-7,10,13,15H,2-3,8H2,1H3/t10-,13-/m1/s1. The van der Waals surface area contributed by atoms with Crippen LogP contribution in [0.2, 0.25) is 0 Å². The van der Waals surface area contributed by atoms with Gasteiger partial charge in [0, 0.05) is 12.6 Å². The van der Waals surface area contributed by atoms with Crippen LogP contribution in [0.15, 0.2) is 29.2 Å². The summed E-state index contributed by atoms with van der Waals surface area (Å²) >= 11 is 0. The molecule has 102 valence electrons. The molecule has 1 fully saturated rings. The van der Waals surface area contributed by atoms with E-state index in [4.69, 9.17) is 10.00 Å². The highest BCUT2D eigenvalue weighted by Gasteiger charge is 2.26. The third-order valence-electron chi connectivity index (χ3n) is 3.16. The summed E-state index contributed by atoms with van der Waals surface area (Å²) in [5.41, 5.74) is 0.436. The second kappa shape index (κ2) is 5.70. The molecule has 5 nitrogen and oxygen atoms in total. The second-order valence-electron chi connectivity index (χ2n) is 4.60. The maximum absolute atomic E-state index is 12.1. The van der Waals surface area contributed by atoms with Crippen LogP contribution < -0.4 is 4.72 Å². The summed E-state index contributed by atoms with van der Waals surface area (Å²) in [6.07, 6.45) is 1.78. The molecule has 0 bridgehead atoms. The lowest BCUT2D eigenvalue weighted by Gasteiger charge is -2.19. The maximum Gasteiger partial charge on any atom is 0.240 e. The fraction of sp³-hybridized carbons (Fsp3) is 0.462. The van der Waals surface area contributed by atoms with Crippen LogP contribution in [0.25, 0.3) is 0 Å². The number of nitriles is 1. The van der Waals surface area contributed by atoms with Crippen LogP contribution in [0.3, 0.4) is 0 Å². The predicted octanol–water partition coefficient (Wildman–Crippen LogP) is 1.40. The van der Waals surface area contributed by atoms with Crippen LogP contribution in [-0.4, -0.2) is 27.2 Å². The van der Waals surface area contributed by atoms with Crippen molar-refractivity contribution in [1.29, 1.82) is 5.26 Å². The monoisotopic (exact) mass is 280 g/mol. The first-order valence-electron chi connectivity index (χ1n) is 6.17. The van der Waals surface area contributed by atoms with Crippen LogP contribution in [-0.2, 0) is 14.8 Å². The van der Waals surface area contributed by atoms with Gasteiger partial charge in [-0.2, -0.15) is 5.26 Å². The van der Waals surface area contributed by atoms with Crippen molar-refractivity contribution in [2.45, 2.75) is 36.8 Å². The Hall–Kier alpha value is -1.42. The SMILES string of the molecule is C[C@@H](NS(=O)(=O)c1ccc(C#N)cc1)[C@H]1CCCO1. The number of hydrogen-bond donors (Lipinski definition) is 1. The van der Waals surface area contributed by atoms with Gasteiger partial charge in [0.05, 0.1) is 22.6 Å². The number of nitrogens with zero attached hydrogens (tertiary/aromatic N) is 1. The Bertz CT molecular complexity index is 569. The molecule has 6 heteroatoms. The molecule has 0 unspecified atom stereocenters. The largest absolute Gasteiger partial charge is 0.377 e. The van der Waals surface area contributed by atoms with Crippen molar-refractivity contribution < 1.29 is 13.2 Å². The van der Waals surface area contributed by atoms with Gasteiger partial charge in [0.1, 0.15) is 0 Å². The van der Waals surface area contributed by atoms with Gasteiger partial charge in [-0.25, -0.2) is 13.1 Å². The molecule has 0 amide bonds. The fourth-order valence-electron chi connectivity index (χ4n) is 2.09. The molecule has 19 heavy (non-hydrogen) atoms. The number of hydrogen-bond acceptors (Lipinski definition) is 4. The zero-order valence-electron chi connectivity index (χ0n) is 10.7. The van der Waals surface area contributed by atoms with Gasteiger partial charge in [0.15, 0.2) is 0 Å². The highest BCUT2D eigenvalue weighted by Crippen LogP contribution is 2.18. The Morgan fingerprint density at radius 3 is 2.63 bits per heavy atom. The van der Waals surface area contributed by atoms with Gasteiger partial charge >= 0.3 is 0 Å². The first-order valence-corrected chi connectivity index (χ1v) is 7.65. The topological polar surface area (TPSA) is 79.2 Å². The summed E-state index contributed by atoms with van der Waals surface area (Å²) in [5.74, 6) is 0. The molecule has 0 radical (unpaired) electrons. The molecular weight excluding hydrogens is 264 g/mol. The molecule has 1 N–H and O–H groups in total. The van der Waals surface area contributed by atoms with Crippen LogP contribution in [0.5, 0.6) is 0 Å². The molecule has 2 rings (SSSR count). The number of ether oxygens (including phenoxy) is 1. The average molecular weight is 280 g/mol. The van der Waals surface area contributed by atoms with Crippen LogP contribution >= 0.6 is 0 Å². The second-order valence-corrected chi connectivity index (χ2v) is 6.31. The molecule has 0 spiro atoms. The lowest BCUT2D eigenvalue weighted by Crippen LogP contribution is -2.40. The summed E-state index contributed by atoms with van der Waals surface area (Å²) < 4.78 is 32.4. The molecule has 1 aliphatic heterocycles. The van der Waals surface area contributed by atoms with Crippen LogP contribution in [0.4, 0.5) is 0 Å². The van der Waals surface area contributed by atoms with Crippen molar-refractivity contribution in [2.24, 2.45) is 0 Å². The van der Waals surface area contributed by atoms with Crippen molar-refractivity contribution in [3.8, 4) is 6.07 Å². The minimum absolute atomic E-state index is 0.0619. The third kappa shape index (κ3) is 3.32. The molecule has 0 saturated carbocycles. The van der Waals surface area contributed by atoms with E-state index < -0.39 is 10.0 Å². The van der Waals surface area contributed by atoms with Crippen molar-refractivity contribution in [1.82, 2.24) is 4.72 Å².